The van der Waals surface area contributed by atoms with Gasteiger partial charge in [0.25, 0.3) is 0 Å². The molecule has 2 aliphatic heterocycles. The second kappa shape index (κ2) is 10.9. The van der Waals surface area contributed by atoms with E-state index in [4.69, 9.17) is 19.4 Å². The molecule has 186 valence electrons. The van der Waals surface area contributed by atoms with Crippen LogP contribution in [0.2, 0.25) is 0 Å². The molecule has 0 radical (unpaired) electrons. The number of carbonyl (C=O) groups is 2. The van der Waals surface area contributed by atoms with E-state index in [9.17, 15) is 18.0 Å². The number of ether oxygens (including phenoxy) is 2. The van der Waals surface area contributed by atoms with Crippen LogP contribution >= 0.6 is 11.8 Å². The summed E-state index contributed by atoms with van der Waals surface area (Å²) in [6.07, 6.45) is -2.65. The number of alkyl halides is 3. The number of benzene rings is 1. The highest BCUT2D eigenvalue weighted by Crippen LogP contribution is 2.34. The predicted octanol–water partition coefficient (Wildman–Crippen LogP) is 4.00. The summed E-state index contributed by atoms with van der Waals surface area (Å²) in [4.78, 5) is 22.4. The number of piperidine rings is 1. The summed E-state index contributed by atoms with van der Waals surface area (Å²) in [5, 5.41) is 14.0. The molecule has 1 saturated heterocycles. The van der Waals surface area contributed by atoms with E-state index in [0.29, 0.717) is 19.6 Å². The van der Waals surface area contributed by atoms with Gasteiger partial charge in [-0.1, -0.05) is 0 Å². The minimum Gasteiger partial charge on any atom is -0.486 e. The molecule has 33 heavy (non-hydrogen) atoms. The summed E-state index contributed by atoms with van der Waals surface area (Å²) >= 11 is 1.67. The van der Waals surface area contributed by atoms with Crippen LogP contribution in [0.5, 0.6) is 11.5 Å². The molecule has 2 aliphatic rings. The van der Waals surface area contributed by atoms with Crippen molar-refractivity contribution in [2.75, 3.05) is 19.0 Å². The predicted molar refractivity (Wildman–Crippen MR) is 119 cm³/mol. The maximum absolute atomic E-state index is 12.4. The lowest BCUT2D eigenvalue weighted by atomic mass is 9.79. The summed E-state index contributed by atoms with van der Waals surface area (Å²) in [7, 11) is 0. The quantitative estimate of drug-likeness (QED) is 0.535. The Balaban J connectivity index is 0.000000479. The van der Waals surface area contributed by atoms with Crippen molar-refractivity contribution in [1.29, 1.82) is 0 Å². The summed E-state index contributed by atoms with van der Waals surface area (Å²) in [6.45, 7) is 9.99. The number of halogens is 3. The molecule has 7 nitrogen and oxygen atoms in total. The molecule has 2 heterocycles. The Bertz CT molecular complexity index is 830. The van der Waals surface area contributed by atoms with Gasteiger partial charge in [-0.2, -0.15) is 13.2 Å². The van der Waals surface area contributed by atoms with Crippen molar-refractivity contribution in [2.45, 2.75) is 75.1 Å². The van der Waals surface area contributed by atoms with Crippen LogP contribution in [0.4, 0.5) is 13.2 Å². The van der Waals surface area contributed by atoms with Gasteiger partial charge in [0.1, 0.15) is 13.2 Å². The molecule has 0 atom stereocenters. The number of rotatable bonds is 5. The largest absolute Gasteiger partial charge is 0.490 e. The first-order valence-corrected chi connectivity index (χ1v) is 11.6. The number of hydrogen-bond donors (Lipinski definition) is 3. The molecule has 1 aromatic carbocycles. The Kier molecular flexibility index (Phi) is 8.92. The van der Waals surface area contributed by atoms with Gasteiger partial charge in [0, 0.05) is 34.2 Å². The molecule has 3 N–H and O–H groups in total. The number of amides is 1. The summed E-state index contributed by atoms with van der Waals surface area (Å²) < 4.78 is 42.9. The summed E-state index contributed by atoms with van der Waals surface area (Å²) in [5.41, 5.74) is 0.0826. The van der Waals surface area contributed by atoms with Crippen LogP contribution in [-0.2, 0) is 9.59 Å². The molecule has 0 bridgehead atoms. The third kappa shape index (κ3) is 9.32. The van der Waals surface area contributed by atoms with Crippen molar-refractivity contribution < 1.29 is 37.3 Å². The number of thioether (sulfide) groups is 1. The normalized spacial score (nSPS) is 19.1. The van der Waals surface area contributed by atoms with Gasteiger partial charge in [-0.05, 0) is 58.7 Å². The van der Waals surface area contributed by atoms with E-state index in [-0.39, 0.29) is 23.0 Å². The Morgan fingerprint density at radius 3 is 2.21 bits per heavy atom. The summed E-state index contributed by atoms with van der Waals surface area (Å²) in [5.74, 6) is -0.274. The van der Waals surface area contributed by atoms with Crippen molar-refractivity contribution in [3.05, 3.63) is 18.2 Å². The average molecular weight is 493 g/mol. The van der Waals surface area contributed by atoms with Gasteiger partial charge in [-0.15, -0.1) is 11.8 Å². The molecular formula is C22H31F3N2O5S. The lowest BCUT2D eigenvalue weighted by Crippen LogP contribution is -2.62. The minimum absolute atomic E-state index is 0.0413. The van der Waals surface area contributed by atoms with Gasteiger partial charge in [-0.25, -0.2) is 4.79 Å². The van der Waals surface area contributed by atoms with E-state index in [1.54, 1.807) is 11.8 Å². The third-order valence-electron chi connectivity index (χ3n) is 4.91. The van der Waals surface area contributed by atoms with E-state index >= 15 is 0 Å². The lowest BCUT2D eigenvalue weighted by molar-refractivity contribution is -0.192. The second-order valence-corrected chi connectivity index (χ2v) is 10.4. The number of hydrogen-bond acceptors (Lipinski definition) is 6. The van der Waals surface area contributed by atoms with Gasteiger partial charge in [0.15, 0.2) is 11.5 Å². The maximum atomic E-state index is 12.4. The fourth-order valence-corrected chi connectivity index (χ4v) is 4.98. The number of nitrogens with one attached hydrogen (secondary N) is 2. The van der Waals surface area contributed by atoms with Gasteiger partial charge >= 0.3 is 12.1 Å². The molecular weight excluding hydrogens is 461 g/mol. The van der Waals surface area contributed by atoms with Crippen molar-refractivity contribution in [1.82, 2.24) is 10.6 Å². The third-order valence-corrected chi connectivity index (χ3v) is 5.90. The van der Waals surface area contributed by atoms with Gasteiger partial charge in [0.2, 0.25) is 5.91 Å². The highest BCUT2D eigenvalue weighted by Gasteiger charge is 2.39. The zero-order chi connectivity index (χ0) is 24.9. The second-order valence-electron chi connectivity index (χ2n) is 9.27. The fourth-order valence-electron chi connectivity index (χ4n) is 4.10. The molecule has 1 fully saturated rings. The van der Waals surface area contributed by atoms with E-state index in [1.807, 2.05) is 18.2 Å². The molecule has 11 heteroatoms. The lowest BCUT2D eigenvalue weighted by Gasteiger charge is -2.46. The first-order valence-electron chi connectivity index (χ1n) is 10.6. The van der Waals surface area contributed by atoms with Gasteiger partial charge < -0.3 is 25.2 Å². The first-order chi connectivity index (χ1) is 15.2. The van der Waals surface area contributed by atoms with Crippen LogP contribution in [0, 0.1) is 0 Å². The first kappa shape index (κ1) is 27.1. The molecule has 0 unspecified atom stereocenters. The van der Waals surface area contributed by atoms with Crippen molar-refractivity contribution in [3.63, 3.8) is 0 Å². The van der Waals surface area contributed by atoms with Gasteiger partial charge in [-0.3, -0.25) is 4.79 Å². The average Bonchev–Trinajstić information content (AvgIpc) is 2.65. The molecule has 0 aliphatic carbocycles. The standard InChI is InChI=1S/C20H30N2O3S.C2HF3O2/c1-19(2)12-14(13-20(3,4)22-19)21-18(23)7-10-26-15-5-6-16-17(11-15)25-9-8-24-16;3-2(4,5)1(6)7/h5-6,11,14,22H,7-10,12-13H2,1-4H3,(H,21,23);(H,6,7). The Hall–Kier alpha value is -2.14. The molecule has 1 amide bonds. The summed E-state index contributed by atoms with van der Waals surface area (Å²) in [6, 6.07) is 6.19. The van der Waals surface area contributed by atoms with E-state index in [0.717, 1.165) is 35.0 Å². The topological polar surface area (TPSA) is 96.9 Å². The minimum atomic E-state index is -5.08. The number of carbonyl (C=O) groups excluding carboxylic acids is 1. The monoisotopic (exact) mass is 492 g/mol. The van der Waals surface area contributed by atoms with Crippen LogP contribution < -0.4 is 20.1 Å². The Morgan fingerprint density at radius 2 is 1.67 bits per heavy atom. The molecule has 0 spiro atoms. The van der Waals surface area contributed by atoms with Crippen LogP contribution in [0.3, 0.4) is 0 Å². The molecule has 0 saturated carbocycles. The van der Waals surface area contributed by atoms with Crippen molar-refractivity contribution >= 4 is 23.6 Å². The maximum Gasteiger partial charge on any atom is 0.490 e. The van der Waals surface area contributed by atoms with Crippen LogP contribution in [0.15, 0.2) is 23.1 Å². The van der Waals surface area contributed by atoms with Gasteiger partial charge in [0.05, 0.1) is 0 Å². The number of carboxylic acids is 1. The van der Waals surface area contributed by atoms with E-state index in [2.05, 4.69) is 38.3 Å². The highest BCUT2D eigenvalue weighted by molar-refractivity contribution is 7.99. The van der Waals surface area contributed by atoms with Crippen molar-refractivity contribution in [3.8, 4) is 11.5 Å². The highest BCUT2D eigenvalue weighted by atomic mass is 32.2. The number of carboxylic acid groups (broad SMARTS) is 1. The smallest absolute Gasteiger partial charge is 0.486 e. The number of aliphatic carboxylic acids is 1. The van der Waals surface area contributed by atoms with Crippen LogP contribution in [-0.4, -0.2) is 59.2 Å². The molecule has 3 rings (SSSR count). The van der Waals surface area contributed by atoms with Crippen molar-refractivity contribution in [2.24, 2.45) is 0 Å². The van der Waals surface area contributed by atoms with E-state index in [1.165, 1.54) is 0 Å². The van der Waals surface area contributed by atoms with Crippen LogP contribution in [0.1, 0.15) is 47.0 Å². The molecule has 1 aromatic rings. The number of fused-ring (bicyclic) bond motifs is 1. The van der Waals surface area contributed by atoms with E-state index < -0.39 is 12.1 Å². The Morgan fingerprint density at radius 1 is 1.12 bits per heavy atom. The zero-order valence-corrected chi connectivity index (χ0v) is 20.0. The Labute approximate surface area is 195 Å². The zero-order valence-electron chi connectivity index (χ0n) is 19.2. The SMILES string of the molecule is CC1(C)CC(NC(=O)CCSc2ccc3c(c2)OCCO3)CC(C)(C)N1.O=C(O)C(F)(F)F. The fraction of sp³-hybridized carbons (Fsp3) is 0.636. The molecule has 0 aromatic heterocycles. The van der Waals surface area contributed by atoms with Crippen LogP contribution in [0.25, 0.3) is 0 Å².